The van der Waals surface area contributed by atoms with Crippen molar-refractivity contribution in [3.05, 3.63) is 82.2 Å². The SMILES string of the molecule is Cc1ccccc1Cc1ccc(-c2ccc(C(F)(F)F)cc2)s1. The molecule has 118 valence electrons. The van der Waals surface area contributed by atoms with E-state index in [0.29, 0.717) is 0 Å². The van der Waals surface area contributed by atoms with Crippen LogP contribution in [0.15, 0.2) is 60.7 Å². The number of hydrogen-bond acceptors (Lipinski definition) is 1. The van der Waals surface area contributed by atoms with Crippen LogP contribution in [-0.2, 0) is 12.6 Å². The Morgan fingerprint density at radius 1 is 0.870 bits per heavy atom. The molecule has 3 aromatic rings. The number of thiophene rings is 1. The van der Waals surface area contributed by atoms with Crippen molar-refractivity contribution in [2.75, 3.05) is 0 Å². The fourth-order valence-corrected chi connectivity index (χ4v) is 3.48. The molecule has 0 unspecified atom stereocenters. The quantitative estimate of drug-likeness (QED) is 0.525. The Hall–Kier alpha value is -2.07. The molecule has 0 saturated heterocycles. The van der Waals surface area contributed by atoms with Gasteiger partial charge >= 0.3 is 6.18 Å². The van der Waals surface area contributed by atoms with Crippen LogP contribution in [0.4, 0.5) is 13.2 Å². The van der Waals surface area contributed by atoms with Crippen molar-refractivity contribution in [2.24, 2.45) is 0 Å². The van der Waals surface area contributed by atoms with Crippen LogP contribution in [-0.4, -0.2) is 0 Å². The van der Waals surface area contributed by atoms with E-state index in [1.165, 1.54) is 28.1 Å². The number of hydrogen-bond donors (Lipinski definition) is 0. The van der Waals surface area contributed by atoms with Gasteiger partial charge in [-0.15, -0.1) is 11.3 Å². The molecule has 0 saturated carbocycles. The van der Waals surface area contributed by atoms with Gasteiger partial charge < -0.3 is 0 Å². The molecule has 0 spiro atoms. The third kappa shape index (κ3) is 3.64. The highest BCUT2D eigenvalue weighted by Crippen LogP contribution is 2.33. The van der Waals surface area contributed by atoms with Gasteiger partial charge in [-0.05, 0) is 47.9 Å². The van der Waals surface area contributed by atoms with E-state index in [1.807, 2.05) is 24.3 Å². The number of alkyl halides is 3. The zero-order chi connectivity index (χ0) is 16.4. The average molecular weight is 332 g/mol. The lowest BCUT2D eigenvalue weighted by Gasteiger charge is -2.06. The summed E-state index contributed by atoms with van der Waals surface area (Å²) in [4.78, 5) is 2.19. The molecular formula is C19H15F3S. The summed E-state index contributed by atoms with van der Waals surface area (Å²) in [5, 5.41) is 0. The Morgan fingerprint density at radius 2 is 1.57 bits per heavy atom. The summed E-state index contributed by atoms with van der Waals surface area (Å²) in [6, 6.07) is 17.6. The third-order valence-electron chi connectivity index (χ3n) is 3.78. The second-order valence-electron chi connectivity index (χ2n) is 5.44. The normalized spacial score (nSPS) is 11.7. The number of rotatable bonds is 3. The largest absolute Gasteiger partial charge is 0.416 e. The van der Waals surface area contributed by atoms with Crippen LogP contribution in [0.2, 0.25) is 0 Å². The molecule has 3 rings (SSSR count). The first-order chi connectivity index (χ1) is 10.9. The second-order valence-corrected chi connectivity index (χ2v) is 6.61. The lowest BCUT2D eigenvalue weighted by Crippen LogP contribution is -2.03. The van der Waals surface area contributed by atoms with E-state index in [9.17, 15) is 13.2 Å². The molecule has 0 bridgehead atoms. The van der Waals surface area contributed by atoms with Gasteiger partial charge in [0.25, 0.3) is 0 Å². The maximum Gasteiger partial charge on any atom is 0.416 e. The van der Waals surface area contributed by atoms with Crippen molar-refractivity contribution in [1.82, 2.24) is 0 Å². The highest BCUT2D eigenvalue weighted by molar-refractivity contribution is 7.15. The first-order valence-corrected chi connectivity index (χ1v) is 8.06. The Bertz CT molecular complexity index is 798. The molecule has 23 heavy (non-hydrogen) atoms. The Balaban J connectivity index is 1.81. The van der Waals surface area contributed by atoms with E-state index < -0.39 is 11.7 Å². The number of benzene rings is 2. The minimum atomic E-state index is -4.29. The van der Waals surface area contributed by atoms with Crippen LogP contribution < -0.4 is 0 Å². The average Bonchev–Trinajstić information content (AvgIpc) is 2.97. The van der Waals surface area contributed by atoms with Gasteiger partial charge in [-0.1, -0.05) is 36.4 Å². The van der Waals surface area contributed by atoms with Crippen LogP contribution in [0.3, 0.4) is 0 Å². The highest BCUT2D eigenvalue weighted by Gasteiger charge is 2.29. The lowest BCUT2D eigenvalue weighted by molar-refractivity contribution is -0.137. The lowest BCUT2D eigenvalue weighted by atomic mass is 10.1. The molecule has 4 heteroatoms. The Kier molecular flexibility index (Phi) is 4.26. The van der Waals surface area contributed by atoms with Gasteiger partial charge in [-0.2, -0.15) is 13.2 Å². The zero-order valence-electron chi connectivity index (χ0n) is 12.5. The summed E-state index contributed by atoms with van der Waals surface area (Å²) in [5.41, 5.74) is 2.72. The summed E-state index contributed by atoms with van der Waals surface area (Å²) in [7, 11) is 0. The van der Waals surface area contributed by atoms with Crippen molar-refractivity contribution < 1.29 is 13.2 Å². The van der Waals surface area contributed by atoms with Crippen LogP contribution in [0.1, 0.15) is 21.6 Å². The first kappa shape index (κ1) is 15.8. The highest BCUT2D eigenvalue weighted by atomic mass is 32.1. The molecule has 0 atom stereocenters. The molecule has 0 radical (unpaired) electrons. The molecule has 2 aromatic carbocycles. The summed E-state index contributed by atoms with van der Waals surface area (Å²) >= 11 is 1.62. The molecule has 0 amide bonds. The number of aryl methyl sites for hydroxylation is 1. The van der Waals surface area contributed by atoms with Crippen LogP contribution >= 0.6 is 11.3 Å². The van der Waals surface area contributed by atoms with E-state index in [0.717, 1.165) is 29.0 Å². The molecule has 0 fully saturated rings. The Labute approximate surface area is 137 Å². The summed E-state index contributed by atoms with van der Waals surface area (Å²) in [6.45, 7) is 2.08. The first-order valence-electron chi connectivity index (χ1n) is 7.24. The standard InChI is InChI=1S/C19H15F3S/c1-13-4-2-3-5-15(13)12-17-10-11-18(23-17)14-6-8-16(9-7-14)19(20,21)22/h2-11H,12H2,1H3. The van der Waals surface area contributed by atoms with Crippen LogP contribution in [0, 0.1) is 6.92 Å². The monoisotopic (exact) mass is 332 g/mol. The van der Waals surface area contributed by atoms with E-state index in [2.05, 4.69) is 19.1 Å². The molecule has 0 nitrogen and oxygen atoms in total. The molecule has 1 aromatic heterocycles. The molecule has 0 N–H and O–H groups in total. The van der Waals surface area contributed by atoms with E-state index in [4.69, 9.17) is 0 Å². The van der Waals surface area contributed by atoms with Gasteiger partial charge in [-0.25, -0.2) is 0 Å². The fraction of sp³-hybridized carbons (Fsp3) is 0.158. The topological polar surface area (TPSA) is 0 Å². The Morgan fingerprint density at radius 3 is 2.22 bits per heavy atom. The van der Waals surface area contributed by atoms with Crippen molar-refractivity contribution in [3.8, 4) is 10.4 Å². The van der Waals surface area contributed by atoms with E-state index in [-0.39, 0.29) is 0 Å². The molecule has 0 aliphatic rings. The van der Waals surface area contributed by atoms with Gasteiger partial charge in [0.2, 0.25) is 0 Å². The minimum absolute atomic E-state index is 0.613. The molecular weight excluding hydrogens is 317 g/mol. The van der Waals surface area contributed by atoms with Gasteiger partial charge in [-0.3, -0.25) is 0 Å². The second kappa shape index (κ2) is 6.20. The smallest absolute Gasteiger partial charge is 0.166 e. The van der Waals surface area contributed by atoms with Crippen LogP contribution in [0.5, 0.6) is 0 Å². The van der Waals surface area contributed by atoms with Gasteiger partial charge in [0.05, 0.1) is 5.56 Å². The third-order valence-corrected chi connectivity index (χ3v) is 4.92. The molecule has 1 heterocycles. The van der Waals surface area contributed by atoms with Gasteiger partial charge in [0.15, 0.2) is 0 Å². The van der Waals surface area contributed by atoms with Crippen molar-refractivity contribution in [3.63, 3.8) is 0 Å². The minimum Gasteiger partial charge on any atom is -0.166 e. The van der Waals surface area contributed by atoms with Crippen molar-refractivity contribution in [2.45, 2.75) is 19.5 Å². The predicted molar refractivity (Wildman–Crippen MR) is 88.7 cm³/mol. The van der Waals surface area contributed by atoms with E-state index in [1.54, 1.807) is 11.3 Å². The molecule has 0 aliphatic heterocycles. The molecule has 0 aliphatic carbocycles. The zero-order valence-corrected chi connectivity index (χ0v) is 13.3. The van der Waals surface area contributed by atoms with Gasteiger partial charge in [0.1, 0.15) is 0 Å². The summed E-state index contributed by atoms with van der Waals surface area (Å²) in [5.74, 6) is 0. The number of halogens is 3. The fourth-order valence-electron chi connectivity index (χ4n) is 2.45. The maximum absolute atomic E-state index is 12.6. The van der Waals surface area contributed by atoms with Crippen molar-refractivity contribution >= 4 is 11.3 Å². The van der Waals surface area contributed by atoms with Crippen molar-refractivity contribution in [1.29, 1.82) is 0 Å². The predicted octanol–water partition coefficient (Wildman–Crippen LogP) is 6.33. The maximum atomic E-state index is 12.6. The summed E-state index contributed by atoms with van der Waals surface area (Å²) in [6.07, 6.45) is -3.44. The van der Waals surface area contributed by atoms with Gasteiger partial charge in [0, 0.05) is 16.2 Å². The van der Waals surface area contributed by atoms with Crippen LogP contribution in [0.25, 0.3) is 10.4 Å². The summed E-state index contributed by atoms with van der Waals surface area (Å²) < 4.78 is 37.8. The van der Waals surface area contributed by atoms with E-state index >= 15 is 0 Å².